The van der Waals surface area contributed by atoms with Crippen molar-refractivity contribution >= 4 is 22.8 Å². The first kappa shape index (κ1) is 20.1. The summed E-state index contributed by atoms with van der Waals surface area (Å²) >= 11 is 0. The molecule has 0 fully saturated rings. The van der Waals surface area contributed by atoms with Gasteiger partial charge in [-0.3, -0.25) is 10.4 Å². The van der Waals surface area contributed by atoms with E-state index in [0.29, 0.717) is 17.5 Å². The predicted octanol–water partition coefficient (Wildman–Crippen LogP) is 5.63. The fraction of sp³-hybridized carbons (Fsp3) is 0.0909. The third-order valence-corrected chi connectivity index (χ3v) is 4.13. The van der Waals surface area contributed by atoms with Crippen LogP contribution in [0.15, 0.2) is 84.6 Å². The van der Waals surface area contributed by atoms with Gasteiger partial charge in [-0.1, -0.05) is 36.4 Å². The summed E-state index contributed by atoms with van der Waals surface area (Å²) in [6, 6.07) is 22.5. The van der Waals surface area contributed by atoms with Crippen molar-refractivity contribution in [2.45, 2.75) is 13.1 Å². The van der Waals surface area contributed by atoms with Gasteiger partial charge in [0.05, 0.1) is 17.1 Å². The number of hydrogen-bond acceptors (Lipinski definition) is 4. The van der Waals surface area contributed by atoms with Crippen molar-refractivity contribution in [1.82, 2.24) is 4.98 Å². The van der Waals surface area contributed by atoms with E-state index in [2.05, 4.69) is 4.98 Å². The van der Waals surface area contributed by atoms with Crippen molar-refractivity contribution in [3.63, 3.8) is 0 Å². The largest absolute Gasteiger partial charge is 0.430 e. The number of benzene rings is 2. The standard InChI is InChI=1S/C22H19F3N4/c1-15-12-18(13-20(28-15)19(26)14-21(27)22(23,24)25)29(16-8-4-2-5-9-16)17-10-6-3-7-11-17/h2-14,26H,27H2,1H3. The predicted molar refractivity (Wildman–Crippen MR) is 109 cm³/mol. The van der Waals surface area contributed by atoms with Crippen molar-refractivity contribution in [1.29, 1.82) is 5.41 Å². The lowest BCUT2D eigenvalue weighted by Gasteiger charge is -2.26. The Bertz CT molecular complexity index is 989. The highest BCUT2D eigenvalue weighted by Crippen LogP contribution is 2.34. The lowest BCUT2D eigenvalue weighted by atomic mass is 10.1. The molecule has 2 aromatic carbocycles. The topological polar surface area (TPSA) is 66.0 Å². The molecule has 0 bridgehead atoms. The van der Waals surface area contributed by atoms with Gasteiger partial charge in [0.25, 0.3) is 0 Å². The highest BCUT2D eigenvalue weighted by molar-refractivity contribution is 6.06. The summed E-state index contributed by atoms with van der Waals surface area (Å²) in [5.41, 5.74) is 6.39. The number of anilines is 3. The summed E-state index contributed by atoms with van der Waals surface area (Å²) in [6.45, 7) is 1.73. The van der Waals surface area contributed by atoms with Gasteiger partial charge in [-0.2, -0.15) is 13.2 Å². The quantitative estimate of drug-likeness (QED) is 0.549. The Kier molecular flexibility index (Phi) is 5.68. The molecule has 0 amide bonds. The Morgan fingerprint density at radius 3 is 1.93 bits per heavy atom. The van der Waals surface area contributed by atoms with Crippen LogP contribution in [0, 0.1) is 12.3 Å². The van der Waals surface area contributed by atoms with Gasteiger partial charge >= 0.3 is 6.18 Å². The molecule has 0 saturated carbocycles. The van der Waals surface area contributed by atoms with Crippen molar-refractivity contribution < 1.29 is 13.2 Å². The van der Waals surface area contributed by atoms with E-state index in [-0.39, 0.29) is 5.69 Å². The third-order valence-electron chi connectivity index (χ3n) is 4.13. The number of hydrogen-bond donors (Lipinski definition) is 2. The van der Waals surface area contributed by atoms with E-state index >= 15 is 0 Å². The summed E-state index contributed by atoms with van der Waals surface area (Å²) in [6.07, 6.45) is -4.11. The molecule has 148 valence electrons. The third kappa shape index (κ3) is 4.82. The molecule has 0 spiro atoms. The van der Waals surface area contributed by atoms with Crippen molar-refractivity contribution in [3.8, 4) is 0 Å². The number of nitrogens with zero attached hydrogens (tertiary/aromatic N) is 2. The first-order valence-electron chi connectivity index (χ1n) is 8.78. The van der Waals surface area contributed by atoms with Crippen LogP contribution in [0.3, 0.4) is 0 Å². The second kappa shape index (κ2) is 8.18. The molecule has 0 aliphatic rings. The van der Waals surface area contributed by atoms with Crippen LogP contribution < -0.4 is 10.6 Å². The molecule has 7 heteroatoms. The summed E-state index contributed by atoms with van der Waals surface area (Å²) in [7, 11) is 0. The zero-order valence-electron chi connectivity index (χ0n) is 15.6. The van der Waals surface area contributed by atoms with Crippen LogP contribution in [0.2, 0.25) is 0 Å². The first-order valence-corrected chi connectivity index (χ1v) is 8.78. The molecule has 1 aromatic heterocycles. The number of rotatable bonds is 5. The Hall–Kier alpha value is -3.61. The van der Waals surface area contributed by atoms with Crippen molar-refractivity contribution in [2.24, 2.45) is 5.73 Å². The lowest BCUT2D eigenvalue weighted by molar-refractivity contribution is -0.0925. The van der Waals surface area contributed by atoms with E-state index in [1.807, 2.05) is 71.6 Å². The molecule has 0 radical (unpaired) electrons. The number of allylic oxidation sites excluding steroid dienone is 2. The van der Waals surface area contributed by atoms with Crippen LogP contribution in [0.4, 0.5) is 30.2 Å². The molecule has 3 rings (SSSR count). The van der Waals surface area contributed by atoms with Gasteiger partial charge in [0.1, 0.15) is 5.70 Å². The second-order valence-electron chi connectivity index (χ2n) is 6.37. The number of alkyl halides is 3. The number of nitrogens with two attached hydrogens (primary N) is 1. The Labute approximate surface area is 166 Å². The van der Waals surface area contributed by atoms with Gasteiger partial charge in [0.2, 0.25) is 0 Å². The average molecular weight is 396 g/mol. The SMILES string of the molecule is Cc1cc(N(c2ccccc2)c2ccccc2)cc(C(=N)C=C(N)C(F)(F)F)n1. The molecule has 3 N–H and O–H groups in total. The van der Waals surface area contributed by atoms with Crippen LogP contribution in [0.5, 0.6) is 0 Å². The maximum absolute atomic E-state index is 12.7. The minimum absolute atomic E-state index is 0.101. The monoisotopic (exact) mass is 396 g/mol. The van der Waals surface area contributed by atoms with Crippen molar-refractivity contribution in [2.75, 3.05) is 4.90 Å². The highest BCUT2D eigenvalue weighted by atomic mass is 19.4. The van der Waals surface area contributed by atoms with Gasteiger partial charge in [-0.05, 0) is 49.4 Å². The number of halogens is 3. The maximum atomic E-state index is 12.7. The van der Waals surface area contributed by atoms with Gasteiger partial charge in [-0.25, -0.2) is 0 Å². The minimum atomic E-state index is -4.70. The fourth-order valence-electron chi connectivity index (χ4n) is 2.83. The molecule has 0 unspecified atom stereocenters. The summed E-state index contributed by atoms with van der Waals surface area (Å²) in [5, 5.41) is 8.05. The number of pyridine rings is 1. The molecular formula is C22H19F3N4. The Morgan fingerprint density at radius 1 is 0.931 bits per heavy atom. The van der Waals surface area contributed by atoms with Crippen LogP contribution in [-0.4, -0.2) is 16.9 Å². The van der Waals surface area contributed by atoms with E-state index in [0.717, 1.165) is 11.4 Å². The van der Waals surface area contributed by atoms with E-state index in [9.17, 15) is 13.2 Å². The van der Waals surface area contributed by atoms with Crippen LogP contribution in [0.1, 0.15) is 11.4 Å². The molecule has 0 saturated heterocycles. The summed E-state index contributed by atoms with van der Waals surface area (Å²) < 4.78 is 38.2. The maximum Gasteiger partial charge on any atom is 0.430 e. The van der Waals surface area contributed by atoms with Gasteiger partial charge in [0, 0.05) is 17.1 Å². The number of para-hydroxylation sites is 2. The number of aryl methyl sites for hydroxylation is 1. The van der Waals surface area contributed by atoms with Crippen LogP contribution in [-0.2, 0) is 0 Å². The Balaban J connectivity index is 2.10. The molecular weight excluding hydrogens is 377 g/mol. The Morgan fingerprint density at radius 2 is 1.45 bits per heavy atom. The van der Waals surface area contributed by atoms with Crippen molar-refractivity contribution in [3.05, 3.63) is 96.0 Å². The van der Waals surface area contributed by atoms with Gasteiger partial charge in [-0.15, -0.1) is 0 Å². The smallest absolute Gasteiger partial charge is 0.395 e. The summed E-state index contributed by atoms with van der Waals surface area (Å²) in [4.78, 5) is 6.17. The van der Waals surface area contributed by atoms with E-state index in [1.165, 1.54) is 0 Å². The average Bonchev–Trinajstić information content (AvgIpc) is 2.68. The zero-order valence-corrected chi connectivity index (χ0v) is 15.6. The highest BCUT2D eigenvalue weighted by Gasteiger charge is 2.31. The molecule has 0 aliphatic heterocycles. The number of aromatic nitrogens is 1. The first-order chi connectivity index (χ1) is 13.8. The normalized spacial score (nSPS) is 11.9. The fourth-order valence-corrected chi connectivity index (χ4v) is 2.83. The van der Waals surface area contributed by atoms with Gasteiger partial charge < -0.3 is 10.6 Å². The van der Waals surface area contributed by atoms with E-state index < -0.39 is 17.6 Å². The molecule has 29 heavy (non-hydrogen) atoms. The lowest BCUT2D eigenvalue weighted by Crippen LogP contribution is -2.21. The van der Waals surface area contributed by atoms with E-state index in [4.69, 9.17) is 11.1 Å². The molecule has 0 aliphatic carbocycles. The second-order valence-corrected chi connectivity index (χ2v) is 6.37. The van der Waals surface area contributed by atoms with E-state index in [1.54, 1.807) is 13.0 Å². The molecule has 3 aromatic rings. The molecule has 0 atom stereocenters. The van der Waals surface area contributed by atoms with Gasteiger partial charge in [0.15, 0.2) is 0 Å². The zero-order chi connectivity index (χ0) is 21.0. The molecule has 4 nitrogen and oxygen atoms in total. The number of nitrogens with one attached hydrogen (secondary N) is 1. The van der Waals surface area contributed by atoms with Crippen LogP contribution in [0.25, 0.3) is 0 Å². The van der Waals surface area contributed by atoms with Crippen LogP contribution >= 0.6 is 0 Å². The minimum Gasteiger partial charge on any atom is -0.395 e. The molecule has 1 heterocycles. The summed E-state index contributed by atoms with van der Waals surface area (Å²) in [5.74, 6) is 0.